The molecule has 21 heavy (non-hydrogen) atoms. The third-order valence-corrected chi connectivity index (χ3v) is 2.28. The molecule has 0 bridgehead atoms. The van der Waals surface area contributed by atoms with Crippen LogP contribution in [0.15, 0.2) is 42.5 Å². The van der Waals surface area contributed by atoms with Gasteiger partial charge < -0.3 is 4.57 Å². The summed E-state index contributed by atoms with van der Waals surface area (Å²) in [6.07, 6.45) is 1.75. The minimum Gasteiger partial charge on any atom is -0.311 e. The molecule has 0 N–H and O–H groups in total. The van der Waals surface area contributed by atoms with E-state index in [1.165, 1.54) is 0 Å². The molecular formula is C17H28N4. The van der Waals surface area contributed by atoms with Gasteiger partial charge >= 0.3 is 0 Å². The first-order chi connectivity index (χ1) is 10.2. The summed E-state index contributed by atoms with van der Waals surface area (Å²) >= 11 is 0. The number of aryl methyl sites for hydroxylation is 1. The van der Waals surface area contributed by atoms with E-state index in [1.54, 1.807) is 6.20 Å². The average molecular weight is 288 g/mol. The van der Waals surface area contributed by atoms with E-state index in [2.05, 4.69) is 34.8 Å². The van der Waals surface area contributed by atoms with Gasteiger partial charge in [0.05, 0.1) is 5.69 Å². The van der Waals surface area contributed by atoms with Crippen LogP contribution in [0.3, 0.4) is 0 Å². The van der Waals surface area contributed by atoms with E-state index in [0.717, 1.165) is 23.0 Å². The molecule has 0 spiro atoms. The van der Waals surface area contributed by atoms with Gasteiger partial charge in [-0.1, -0.05) is 33.8 Å². The molecular weight excluding hydrogens is 260 g/mol. The predicted octanol–water partition coefficient (Wildman–Crippen LogP) is 4.98. The van der Waals surface area contributed by atoms with Gasteiger partial charge in [0.2, 0.25) is 0 Å². The quantitative estimate of drug-likeness (QED) is 0.578. The average Bonchev–Trinajstić information content (AvgIpc) is 2.88. The molecule has 0 fully saturated rings. The highest BCUT2D eigenvalue weighted by molar-refractivity contribution is 5.57. The Morgan fingerprint density at radius 2 is 1.67 bits per heavy atom. The van der Waals surface area contributed by atoms with Gasteiger partial charge in [0.15, 0.2) is 11.6 Å². The lowest BCUT2D eigenvalue weighted by molar-refractivity contribution is 0.917. The fourth-order valence-electron chi connectivity index (χ4n) is 1.57. The summed E-state index contributed by atoms with van der Waals surface area (Å²) in [4.78, 5) is 12.6. The van der Waals surface area contributed by atoms with Crippen LogP contribution in [0, 0.1) is 6.92 Å². The molecule has 0 atom stereocenters. The van der Waals surface area contributed by atoms with Gasteiger partial charge in [-0.3, -0.25) is 4.98 Å². The number of pyridine rings is 1. The summed E-state index contributed by atoms with van der Waals surface area (Å²) < 4.78 is 1.89. The molecule has 4 nitrogen and oxygen atoms in total. The van der Waals surface area contributed by atoms with E-state index in [1.807, 2.05) is 64.4 Å². The van der Waals surface area contributed by atoms with Gasteiger partial charge in [0.25, 0.3) is 0 Å². The number of aliphatic imine (C=N–C) groups is 1. The second-order valence-corrected chi connectivity index (χ2v) is 3.28. The molecule has 0 radical (unpaired) electrons. The van der Waals surface area contributed by atoms with Crippen LogP contribution >= 0.6 is 0 Å². The van der Waals surface area contributed by atoms with Crippen LogP contribution in [0.25, 0.3) is 11.5 Å². The first-order valence-corrected chi connectivity index (χ1v) is 7.15. The molecule has 4 heteroatoms. The Morgan fingerprint density at radius 3 is 2.05 bits per heavy atom. The van der Waals surface area contributed by atoms with Gasteiger partial charge in [-0.15, -0.1) is 13.2 Å². The third kappa shape index (κ3) is 5.73. The molecule has 116 valence electrons. The van der Waals surface area contributed by atoms with Crippen molar-refractivity contribution in [3.8, 4) is 11.5 Å². The number of hydrogen-bond acceptors (Lipinski definition) is 3. The monoisotopic (exact) mass is 288 g/mol. The minimum atomic E-state index is 0.788. The Bertz CT molecular complexity index is 501. The predicted molar refractivity (Wildman–Crippen MR) is 94.3 cm³/mol. The lowest BCUT2D eigenvalue weighted by Crippen LogP contribution is -1.93. The molecule has 0 aliphatic heterocycles. The molecule has 0 aromatic carbocycles. The molecule has 0 aliphatic carbocycles. The maximum absolute atomic E-state index is 4.42. The lowest BCUT2D eigenvalue weighted by Gasteiger charge is -2.01. The fraction of sp³-hybridized carbons (Fsp3) is 0.353. The van der Waals surface area contributed by atoms with E-state index in [-0.39, 0.29) is 0 Å². The van der Waals surface area contributed by atoms with E-state index in [0.29, 0.717) is 0 Å². The zero-order valence-corrected chi connectivity index (χ0v) is 14.2. The Labute approximate surface area is 129 Å². The number of nitrogens with zero attached hydrogens (tertiary/aromatic N) is 4. The van der Waals surface area contributed by atoms with Gasteiger partial charge in [0, 0.05) is 13.2 Å². The molecule has 0 aliphatic rings. The van der Waals surface area contributed by atoms with Crippen molar-refractivity contribution in [3.05, 3.63) is 43.2 Å². The molecule has 2 heterocycles. The van der Waals surface area contributed by atoms with Crippen LogP contribution in [0.4, 0.5) is 5.82 Å². The molecule has 2 aromatic heterocycles. The Hall–Kier alpha value is -2.23. The zero-order chi connectivity index (χ0) is 16.8. The van der Waals surface area contributed by atoms with Crippen LogP contribution in [0.1, 0.15) is 33.4 Å². The van der Waals surface area contributed by atoms with Gasteiger partial charge in [0.1, 0.15) is 5.69 Å². The van der Waals surface area contributed by atoms with Crippen molar-refractivity contribution in [2.45, 2.75) is 34.6 Å². The maximum Gasteiger partial charge on any atom is 0.160 e. The molecule has 2 rings (SSSR count). The number of imidazole rings is 1. The van der Waals surface area contributed by atoms with Crippen molar-refractivity contribution in [3.63, 3.8) is 0 Å². The van der Waals surface area contributed by atoms with Crippen molar-refractivity contribution in [1.82, 2.24) is 14.5 Å². The van der Waals surface area contributed by atoms with E-state index < -0.39 is 0 Å². The summed E-state index contributed by atoms with van der Waals surface area (Å²) in [6.45, 7) is 19.4. The summed E-state index contributed by atoms with van der Waals surface area (Å²) in [5, 5.41) is 0. The second-order valence-electron chi connectivity index (χ2n) is 3.28. The Morgan fingerprint density at radius 1 is 1.10 bits per heavy atom. The van der Waals surface area contributed by atoms with Crippen LogP contribution < -0.4 is 0 Å². The van der Waals surface area contributed by atoms with Crippen molar-refractivity contribution in [2.24, 2.45) is 12.0 Å². The van der Waals surface area contributed by atoms with Gasteiger partial charge in [-0.2, -0.15) is 0 Å². The number of aromatic nitrogens is 3. The third-order valence-electron chi connectivity index (χ3n) is 2.28. The standard InChI is InChI=1S/C11H12N4.2C2H6.C2H4/c1-8-10(12-2)15(3)11(14-8)9-6-4-5-7-13-9;3*1-2/h4-7H,2H2,1,3H3;2*1-2H3;1-2H2. The number of hydrogen-bond donors (Lipinski definition) is 0. The van der Waals surface area contributed by atoms with Gasteiger partial charge in [-0.05, 0) is 25.8 Å². The smallest absolute Gasteiger partial charge is 0.160 e. The first kappa shape index (κ1) is 21.1. The summed E-state index contributed by atoms with van der Waals surface area (Å²) in [5.41, 5.74) is 1.71. The van der Waals surface area contributed by atoms with Crippen molar-refractivity contribution < 1.29 is 0 Å². The highest BCUT2D eigenvalue weighted by Crippen LogP contribution is 2.24. The minimum absolute atomic E-state index is 0.788. The molecule has 0 amide bonds. The van der Waals surface area contributed by atoms with E-state index in [4.69, 9.17) is 0 Å². The van der Waals surface area contributed by atoms with Gasteiger partial charge in [-0.25, -0.2) is 9.98 Å². The van der Waals surface area contributed by atoms with Crippen molar-refractivity contribution in [2.75, 3.05) is 0 Å². The lowest BCUT2D eigenvalue weighted by atomic mass is 10.3. The largest absolute Gasteiger partial charge is 0.311 e. The van der Waals surface area contributed by atoms with Crippen molar-refractivity contribution >= 4 is 12.5 Å². The first-order valence-electron chi connectivity index (χ1n) is 7.15. The normalized spacial score (nSPS) is 8.10. The fourth-order valence-corrected chi connectivity index (χ4v) is 1.57. The zero-order valence-electron chi connectivity index (χ0n) is 14.2. The molecule has 0 saturated heterocycles. The van der Waals surface area contributed by atoms with E-state index in [9.17, 15) is 0 Å². The second kappa shape index (κ2) is 12.8. The summed E-state index contributed by atoms with van der Waals surface area (Å²) in [5.74, 6) is 1.60. The van der Waals surface area contributed by atoms with Crippen molar-refractivity contribution in [1.29, 1.82) is 0 Å². The van der Waals surface area contributed by atoms with Crippen LogP contribution in [0.2, 0.25) is 0 Å². The van der Waals surface area contributed by atoms with Crippen LogP contribution in [-0.2, 0) is 7.05 Å². The maximum atomic E-state index is 4.42. The topological polar surface area (TPSA) is 43.1 Å². The summed E-state index contributed by atoms with van der Waals surface area (Å²) in [7, 11) is 1.91. The highest BCUT2D eigenvalue weighted by atomic mass is 15.1. The van der Waals surface area contributed by atoms with E-state index >= 15 is 0 Å². The van der Waals surface area contributed by atoms with Crippen LogP contribution in [0.5, 0.6) is 0 Å². The number of rotatable bonds is 2. The van der Waals surface area contributed by atoms with Crippen LogP contribution in [-0.4, -0.2) is 21.3 Å². The SMILES string of the molecule is C=C.C=Nc1c(C)nc(-c2ccccn2)n1C.CC.CC. The summed E-state index contributed by atoms with van der Waals surface area (Å²) in [6, 6.07) is 5.74. The highest BCUT2D eigenvalue weighted by Gasteiger charge is 2.11. The molecule has 2 aromatic rings. The Balaban J connectivity index is 0. The molecule has 0 unspecified atom stereocenters. The molecule has 0 saturated carbocycles. The Kier molecular flexibility index (Phi) is 12.8.